The molecule has 1 atom stereocenters. The molecular weight excluding hydrogens is 262 g/mol. The molecule has 1 heterocycles. The highest BCUT2D eigenvalue weighted by Crippen LogP contribution is 2.32. The van der Waals surface area contributed by atoms with Crippen molar-refractivity contribution in [3.8, 4) is 5.75 Å². The van der Waals surface area contributed by atoms with Gasteiger partial charge in [0.1, 0.15) is 5.75 Å². The molecule has 21 heavy (non-hydrogen) atoms. The number of ether oxygens (including phenoxy) is 1. The van der Waals surface area contributed by atoms with Crippen LogP contribution in [0, 0.1) is 13.8 Å². The molecule has 0 aliphatic rings. The molecule has 1 aromatic heterocycles. The van der Waals surface area contributed by atoms with E-state index in [0.717, 1.165) is 18.7 Å². The van der Waals surface area contributed by atoms with Gasteiger partial charge >= 0.3 is 0 Å². The summed E-state index contributed by atoms with van der Waals surface area (Å²) in [4.78, 5) is 0. The summed E-state index contributed by atoms with van der Waals surface area (Å²) >= 11 is 0. The molecule has 0 aliphatic heterocycles. The van der Waals surface area contributed by atoms with E-state index in [9.17, 15) is 0 Å². The third-order valence-corrected chi connectivity index (χ3v) is 3.88. The normalized spacial score (nSPS) is 12.4. The first-order chi connectivity index (χ1) is 10.1. The minimum absolute atomic E-state index is 0.105. The van der Waals surface area contributed by atoms with Gasteiger partial charge in [0.15, 0.2) is 0 Å². The van der Waals surface area contributed by atoms with Crippen LogP contribution in [0.5, 0.6) is 5.75 Å². The van der Waals surface area contributed by atoms with E-state index in [1.807, 2.05) is 24.0 Å². The number of hydrogen-bond donors (Lipinski definition) is 1. The number of rotatable bonds is 6. The Morgan fingerprint density at radius 2 is 2.05 bits per heavy atom. The van der Waals surface area contributed by atoms with Gasteiger partial charge in [0.25, 0.3) is 0 Å². The predicted molar refractivity (Wildman–Crippen MR) is 85.8 cm³/mol. The molecule has 0 spiro atoms. The maximum Gasteiger partial charge on any atom is 0.124 e. The first-order valence-corrected chi connectivity index (χ1v) is 7.44. The maximum absolute atomic E-state index is 5.56. The lowest BCUT2D eigenvalue weighted by molar-refractivity contribution is 0.403. The van der Waals surface area contributed by atoms with Crippen molar-refractivity contribution in [2.24, 2.45) is 7.05 Å². The van der Waals surface area contributed by atoms with Gasteiger partial charge in [-0.1, -0.05) is 24.6 Å². The number of aromatic nitrogens is 2. The zero-order valence-electron chi connectivity index (χ0n) is 13.6. The third kappa shape index (κ3) is 3.27. The molecule has 0 bridgehead atoms. The van der Waals surface area contributed by atoms with Gasteiger partial charge in [-0.15, -0.1) is 0 Å². The largest absolute Gasteiger partial charge is 0.496 e. The van der Waals surface area contributed by atoms with Gasteiger partial charge in [0.2, 0.25) is 0 Å². The first kappa shape index (κ1) is 15.6. The van der Waals surface area contributed by atoms with E-state index in [1.54, 1.807) is 7.11 Å². The van der Waals surface area contributed by atoms with Crippen LogP contribution in [0.25, 0.3) is 0 Å². The van der Waals surface area contributed by atoms with E-state index < -0.39 is 0 Å². The molecule has 2 aromatic rings. The number of aryl methyl sites for hydroxylation is 2. The summed E-state index contributed by atoms with van der Waals surface area (Å²) in [6.07, 6.45) is 3.04. The molecule has 1 unspecified atom stereocenters. The molecule has 0 amide bonds. The number of hydrogen-bond acceptors (Lipinski definition) is 3. The van der Waals surface area contributed by atoms with Crippen LogP contribution < -0.4 is 10.1 Å². The van der Waals surface area contributed by atoms with Crippen LogP contribution in [0.4, 0.5) is 0 Å². The Morgan fingerprint density at radius 1 is 1.29 bits per heavy atom. The van der Waals surface area contributed by atoms with Crippen molar-refractivity contribution in [1.29, 1.82) is 0 Å². The molecule has 2 rings (SSSR count). The van der Waals surface area contributed by atoms with E-state index in [1.165, 1.54) is 22.4 Å². The summed E-state index contributed by atoms with van der Waals surface area (Å²) in [5, 5.41) is 8.01. The van der Waals surface area contributed by atoms with Crippen LogP contribution in [-0.2, 0) is 7.05 Å². The van der Waals surface area contributed by atoms with Crippen LogP contribution in [-0.4, -0.2) is 23.4 Å². The highest BCUT2D eigenvalue weighted by molar-refractivity contribution is 5.44. The molecule has 0 radical (unpaired) electrons. The molecule has 0 saturated heterocycles. The SMILES string of the molecule is CCCNC(c1cc(C)ccc1OC)c1cnn(C)c1C. The van der Waals surface area contributed by atoms with Crippen LogP contribution in [0.3, 0.4) is 0 Å². The minimum atomic E-state index is 0.105. The lowest BCUT2D eigenvalue weighted by Gasteiger charge is -2.22. The van der Waals surface area contributed by atoms with Crippen molar-refractivity contribution >= 4 is 0 Å². The quantitative estimate of drug-likeness (QED) is 0.887. The molecular formula is C17H25N3O. The Morgan fingerprint density at radius 3 is 2.62 bits per heavy atom. The minimum Gasteiger partial charge on any atom is -0.496 e. The fourth-order valence-electron chi connectivity index (χ4n) is 2.55. The van der Waals surface area contributed by atoms with Gasteiger partial charge in [0.05, 0.1) is 19.3 Å². The van der Waals surface area contributed by atoms with Crippen molar-refractivity contribution in [2.45, 2.75) is 33.2 Å². The molecule has 114 valence electrons. The standard InChI is InChI=1S/C17H25N3O/c1-6-9-18-17(15-11-19-20(4)13(15)3)14-10-12(2)7-8-16(14)21-5/h7-8,10-11,17-18H,6,9H2,1-5H3. The number of nitrogens with zero attached hydrogens (tertiary/aromatic N) is 2. The van der Waals surface area contributed by atoms with Crippen molar-refractivity contribution in [3.05, 3.63) is 46.8 Å². The van der Waals surface area contributed by atoms with Crippen LogP contribution in [0.15, 0.2) is 24.4 Å². The monoisotopic (exact) mass is 287 g/mol. The third-order valence-electron chi connectivity index (χ3n) is 3.88. The summed E-state index contributed by atoms with van der Waals surface area (Å²) in [5.41, 5.74) is 4.78. The lowest BCUT2D eigenvalue weighted by Crippen LogP contribution is -2.24. The number of methoxy groups -OCH3 is 1. The first-order valence-electron chi connectivity index (χ1n) is 7.44. The van der Waals surface area contributed by atoms with E-state index in [2.05, 4.69) is 43.3 Å². The summed E-state index contributed by atoms with van der Waals surface area (Å²) in [7, 11) is 3.70. The van der Waals surface area contributed by atoms with Crippen molar-refractivity contribution in [3.63, 3.8) is 0 Å². The number of benzene rings is 1. The second-order valence-corrected chi connectivity index (χ2v) is 5.44. The van der Waals surface area contributed by atoms with Gasteiger partial charge in [-0.3, -0.25) is 4.68 Å². The van der Waals surface area contributed by atoms with Crippen molar-refractivity contribution < 1.29 is 4.74 Å². The topological polar surface area (TPSA) is 39.1 Å². The lowest BCUT2D eigenvalue weighted by atomic mass is 9.96. The Hall–Kier alpha value is -1.81. The summed E-state index contributed by atoms with van der Waals surface area (Å²) in [5.74, 6) is 0.914. The van der Waals surface area contributed by atoms with Gasteiger partial charge in [-0.2, -0.15) is 5.10 Å². The summed E-state index contributed by atoms with van der Waals surface area (Å²) in [6.45, 7) is 7.34. The maximum atomic E-state index is 5.56. The fourth-order valence-corrected chi connectivity index (χ4v) is 2.55. The van der Waals surface area contributed by atoms with E-state index in [4.69, 9.17) is 4.74 Å². The molecule has 4 heteroatoms. The molecule has 0 saturated carbocycles. The Kier molecular flexibility index (Phi) is 5.02. The second-order valence-electron chi connectivity index (χ2n) is 5.44. The van der Waals surface area contributed by atoms with Crippen LogP contribution in [0.2, 0.25) is 0 Å². The van der Waals surface area contributed by atoms with Crippen molar-refractivity contribution in [2.75, 3.05) is 13.7 Å². The van der Waals surface area contributed by atoms with Crippen LogP contribution >= 0.6 is 0 Å². The fraction of sp³-hybridized carbons (Fsp3) is 0.471. The average Bonchev–Trinajstić information content (AvgIpc) is 2.80. The zero-order chi connectivity index (χ0) is 15.4. The molecule has 1 N–H and O–H groups in total. The Balaban J connectivity index is 2.50. The van der Waals surface area contributed by atoms with Gasteiger partial charge in [0, 0.05) is 23.9 Å². The summed E-state index contributed by atoms with van der Waals surface area (Å²) < 4.78 is 7.48. The highest BCUT2D eigenvalue weighted by atomic mass is 16.5. The van der Waals surface area contributed by atoms with E-state index >= 15 is 0 Å². The van der Waals surface area contributed by atoms with Gasteiger partial charge in [-0.05, 0) is 32.9 Å². The van der Waals surface area contributed by atoms with E-state index in [-0.39, 0.29) is 6.04 Å². The predicted octanol–water partition coefficient (Wildman–Crippen LogP) is 3.13. The Bertz CT molecular complexity index is 604. The number of nitrogens with one attached hydrogen (secondary N) is 1. The average molecular weight is 287 g/mol. The molecule has 1 aromatic carbocycles. The van der Waals surface area contributed by atoms with Crippen molar-refractivity contribution in [1.82, 2.24) is 15.1 Å². The van der Waals surface area contributed by atoms with Crippen LogP contribution in [0.1, 0.15) is 41.8 Å². The Labute approximate surface area is 127 Å². The smallest absolute Gasteiger partial charge is 0.124 e. The second kappa shape index (κ2) is 6.76. The molecule has 0 aliphatic carbocycles. The van der Waals surface area contributed by atoms with E-state index in [0.29, 0.717) is 0 Å². The zero-order valence-corrected chi connectivity index (χ0v) is 13.6. The van der Waals surface area contributed by atoms with Gasteiger partial charge in [-0.25, -0.2) is 0 Å². The van der Waals surface area contributed by atoms with Gasteiger partial charge < -0.3 is 10.1 Å². The molecule has 4 nitrogen and oxygen atoms in total. The molecule has 0 fully saturated rings. The highest BCUT2D eigenvalue weighted by Gasteiger charge is 2.21. The summed E-state index contributed by atoms with van der Waals surface area (Å²) in [6, 6.07) is 6.42.